The molecule has 2 amide bonds. The van der Waals surface area contributed by atoms with Gasteiger partial charge in [-0.2, -0.15) is 0 Å². The zero-order valence-corrected chi connectivity index (χ0v) is 18.8. The van der Waals surface area contributed by atoms with Crippen molar-refractivity contribution in [3.8, 4) is 11.1 Å². The topological polar surface area (TPSA) is 101 Å². The van der Waals surface area contributed by atoms with Gasteiger partial charge < -0.3 is 20.7 Å². The highest BCUT2D eigenvalue weighted by molar-refractivity contribution is 6.06. The summed E-state index contributed by atoms with van der Waals surface area (Å²) in [5.74, 6) is -1.02. The Morgan fingerprint density at radius 2 is 1.71 bits per heavy atom. The van der Waals surface area contributed by atoms with E-state index in [0.717, 1.165) is 0 Å². The molecule has 0 aliphatic carbocycles. The number of nitrogen functional groups attached to an aromatic ring is 1. The first-order valence-corrected chi connectivity index (χ1v) is 10.3. The molecule has 0 saturated heterocycles. The molecule has 4 N–H and O–H groups in total. The number of carbonyl (C=O) groups is 2. The van der Waals surface area contributed by atoms with Crippen molar-refractivity contribution >= 4 is 34.7 Å². The maximum atomic E-state index is 14.0. The van der Waals surface area contributed by atoms with Crippen LogP contribution in [-0.2, 0) is 4.74 Å². The summed E-state index contributed by atoms with van der Waals surface area (Å²) >= 11 is 0. The van der Waals surface area contributed by atoms with Crippen molar-refractivity contribution in [2.75, 3.05) is 43.6 Å². The van der Waals surface area contributed by atoms with E-state index in [4.69, 9.17) is 17.0 Å². The first-order chi connectivity index (χ1) is 16.3. The number of hydrogen-bond acceptors (Lipinski definition) is 5. The molecule has 0 aromatic heterocycles. The fraction of sp³-hybridized carbons (Fsp3) is 0.160. The minimum Gasteiger partial charge on any atom is -0.448 e. The molecule has 3 aromatic rings. The fourth-order valence-corrected chi connectivity index (χ4v) is 3.00. The van der Waals surface area contributed by atoms with Gasteiger partial charge in [0.05, 0.1) is 17.9 Å². The van der Waals surface area contributed by atoms with Crippen LogP contribution in [0.5, 0.6) is 0 Å². The van der Waals surface area contributed by atoms with Crippen LogP contribution in [0.1, 0.15) is 10.4 Å². The molecule has 0 spiro atoms. The quantitative estimate of drug-likeness (QED) is 0.340. The average molecular weight is 461 g/mol. The monoisotopic (exact) mass is 461 g/mol. The number of halogens is 1. The molecule has 0 unspecified atom stereocenters. The molecule has 0 bridgehead atoms. The van der Waals surface area contributed by atoms with Crippen molar-refractivity contribution in [2.24, 2.45) is 0 Å². The van der Waals surface area contributed by atoms with E-state index in [1.165, 1.54) is 12.1 Å². The summed E-state index contributed by atoms with van der Waals surface area (Å²) in [6.07, 6.45) is -0.579. The van der Waals surface area contributed by atoms with Crippen molar-refractivity contribution in [3.63, 3.8) is 0 Å². The summed E-state index contributed by atoms with van der Waals surface area (Å²) in [4.78, 5) is 29.5. The van der Waals surface area contributed by atoms with Gasteiger partial charge in [-0.1, -0.05) is 18.2 Å². The van der Waals surface area contributed by atoms with Gasteiger partial charge >= 0.3 is 6.09 Å². The minimum absolute atomic E-state index is 0.0625. The number of nitrogens with one attached hydrogen (secondary N) is 2. The zero-order valence-electron chi connectivity index (χ0n) is 18.8. The average Bonchev–Trinajstić information content (AvgIpc) is 2.80. The number of hydrogen-bond donors (Lipinski definition) is 3. The summed E-state index contributed by atoms with van der Waals surface area (Å²) in [5.41, 5.74) is 8.67. The third-order valence-corrected chi connectivity index (χ3v) is 4.87. The molecular weight excluding hydrogens is 437 g/mol. The van der Waals surface area contributed by atoms with Crippen molar-refractivity contribution in [1.82, 2.24) is 4.90 Å². The van der Waals surface area contributed by atoms with Crippen LogP contribution in [0.4, 0.5) is 31.9 Å². The molecule has 3 aromatic carbocycles. The number of carbonyl (C=O) groups excluding carboxylic acids is 2. The normalized spacial score (nSPS) is 10.4. The van der Waals surface area contributed by atoms with Gasteiger partial charge in [0.25, 0.3) is 5.91 Å². The Bertz CT molecular complexity index is 1240. The predicted octanol–water partition coefficient (Wildman–Crippen LogP) is 4.99. The van der Waals surface area contributed by atoms with Gasteiger partial charge in [0.2, 0.25) is 5.69 Å². The summed E-state index contributed by atoms with van der Waals surface area (Å²) in [7, 11) is 3.76. The molecule has 9 heteroatoms. The number of amides is 2. The number of anilines is 3. The Morgan fingerprint density at radius 1 is 1.03 bits per heavy atom. The van der Waals surface area contributed by atoms with E-state index in [1.807, 2.05) is 19.0 Å². The Labute approximate surface area is 197 Å². The van der Waals surface area contributed by atoms with Crippen LogP contribution in [0.15, 0.2) is 60.7 Å². The lowest BCUT2D eigenvalue weighted by atomic mass is 10.0. The second-order valence-corrected chi connectivity index (χ2v) is 7.68. The molecule has 0 aliphatic rings. The van der Waals surface area contributed by atoms with Crippen LogP contribution >= 0.6 is 0 Å². The zero-order chi connectivity index (χ0) is 24.7. The number of ether oxygens (including phenoxy) is 1. The summed E-state index contributed by atoms with van der Waals surface area (Å²) in [5, 5.41) is 5.35. The van der Waals surface area contributed by atoms with Crippen LogP contribution in [0.3, 0.4) is 0 Å². The standard InChI is InChI=1S/C25H24FN5O3/c1-28-22-11-7-17(14-20(22)26)18-6-10-21(27)23(15-18)30-24(32)16-4-8-19(9-5-16)29-25(33)34-13-12-31(2)3/h4-11,14-15H,12-13,27H2,2-3H3,(H,29,33)(H,30,32). The van der Waals surface area contributed by atoms with Crippen LogP contribution in [0.25, 0.3) is 16.0 Å². The molecule has 8 nitrogen and oxygen atoms in total. The lowest BCUT2D eigenvalue weighted by Gasteiger charge is -2.12. The summed E-state index contributed by atoms with van der Waals surface area (Å²) in [6.45, 7) is 7.83. The van der Waals surface area contributed by atoms with Crippen LogP contribution < -0.4 is 16.4 Å². The fourth-order valence-electron chi connectivity index (χ4n) is 3.00. The Balaban J connectivity index is 1.67. The van der Waals surface area contributed by atoms with E-state index in [0.29, 0.717) is 40.3 Å². The van der Waals surface area contributed by atoms with Gasteiger partial charge in [-0.25, -0.2) is 14.0 Å². The van der Waals surface area contributed by atoms with E-state index in [1.54, 1.807) is 48.5 Å². The SMILES string of the molecule is [C-]#[N+]c1ccc(-c2ccc(N)c(NC(=O)c3ccc(NC(=O)OCCN(C)C)cc3)c2)cc1F. The first-order valence-electron chi connectivity index (χ1n) is 10.3. The van der Waals surface area contributed by atoms with Gasteiger partial charge in [0.15, 0.2) is 0 Å². The molecule has 174 valence electrons. The Morgan fingerprint density at radius 3 is 2.35 bits per heavy atom. The van der Waals surface area contributed by atoms with E-state index in [-0.39, 0.29) is 12.3 Å². The molecular formula is C25H24FN5O3. The first kappa shape index (κ1) is 24.2. The minimum atomic E-state index is -0.620. The van der Waals surface area contributed by atoms with Gasteiger partial charge in [0.1, 0.15) is 12.4 Å². The van der Waals surface area contributed by atoms with E-state index >= 15 is 0 Å². The summed E-state index contributed by atoms with van der Waals surface area (Å²) in [6, 6.07) is 15.5. The smallest absolute Gasteiger partial charge is 0.411 e. The lowest BCUT2D eigenvalue weighted by molar-refractivity contribution is 0.102. The molecule has 0 atom stereocenters. The third-order valence-electron chi connectivity index (χ3n) is 4.87. The predicted molar refractivity (Wildman–Crippen MR) is 130 cm³/mol. The lowest BCUT2D eigenvalue weighted by Crippen LogP contribution is -2.22. The highest BCUT2D eigenvalue weighted by Crippen LogP contribution is 2.30. The number of rotatable bonds is 7. The molecule has 0 aliphatic heterocycles. The second kappa shape index (κ2) is 10.9. The third kappa shape index (κ3) is 6.31. The molecule has 0 radical (unpaired) electrons. The molecule has 0 saturated carbocycles. The maximum Gasteiger partial charge on any atom is 0.411 e. The van der Waals surface area contributed by atoms with E-state index in [9.17, 15) is 14.0 Å². The molecule has 34 heavy (non-hydrogen) atoms. The van der Waals surface area contributed by atoms with Gasteiger partial charge in [-0.15, -0.1) is 0 Å². The molecule has 0 heterocycles. The van der Waals surface area contributed by atoms with Crippen LogP contribution in [-0.4, -0.2) is 44.1 Å². The Kier molecular flexibility index (Phi) is 7.79. The largest absolute Gasteiger partial charge is 0.448 e. The molecule has 0 fully saturated rings. The van der Waals surface area contributed by atoms with Crippen molar-refractivity contribution < 1.29 is 18.7 Å². The number of benzene rings is 3. The van der Waals surface area contributed by atoms with Gasteiger partial charge in [0, 0.05) is 17.8 Å². The maximum absolute atomic E-state index is 14.0. The van der Waals surface area contributed by atoms with Crippen molar-refractivity contribution in [1.29, 1.82) is 0 Å². The second-order valence-electron chi connectivity index (χ2n) is 7.68. The van der Waals surface area contributed by atoms with Crippen molar-refractivity contribution in [3.05, 3.63) is 83.5 Å². The van der Waals surface area contributed by atoms with E-state index < -0.39 is 17.8 Å². The number of nitrogens with two attached hydrogens (primary N) is 1. The van der Waals surface area contributed by atoms with Crippen molar-refractivity contribution in [2.45, 2.75) is 0 Å². The molecule has 3 rings (SSSR count). The number of likely N-dealkylation sites (N-methyl/N-ethyl adjacent to an activating group) is 1. The van der Waals surface area contributed by atoms with Gasteiger partial charge in [-0.05, 0) is 67.7 Å². The van der Waals surface area contributed by atoms with E-state index in [2.05, 4.69) is 15.5 Å². The summed E-state index contributed by atoms with van der Waals surface area (Å²) < 4.78 is 19.1. The van der Waals surface area contributed by atoms with Crippen LogP contribution in [0.2, 0.25) is 0 Å². The highest BCUT2D eigenvalue weighted by Gasteiger charge is 2.12. The van der Waals surface area contributed by atoms with Crippen LogP contribution in [0, 0.1) is 12.4 Å². The number of nitrogens with zero attached hydrogens (tertiary/aromatic N) is 2. The highest BCUT2D eigenvalue weighted by atomic mass is 19.1. The Hall–Kier alpha value is -4.42. The van der Waals surface area contributed by atoms with Gasteiger partial charge in [-0.3, -0.25) is 10.1 Å².